The number of hydrogen-bond donors (Lipinski definition) is 3. The van der Waals surface area contributed by atoms with Gasteiger partial charge in [-0.05, 0) is 19.4 Å². The van der Waals surface area contributed by atoms with Gasteiger partial charge in [0.2, 0.25) is 5.91 Å². The van der Waals surface area contributed by atoms with Crippen molar-refractivity contribution in [2.24, 2.45) is 0 Å². The Morgan fingerprint density at radius 3 is 3.10 bits per heavy atom. The standard InChI is InChI=1S/C13H17N5O2/c1-8-9(15-7-14-8)6-12(20)17-10-5-11(19)13(10)18-4-2-3-16-18/h2-4,7,10-11,13,19H,5-6H2,1H3,(H,14,15)(H,17,20)/t10-,11+,13+/m0/s1. The molecule has 1 saturated carbocycles. The van der Waals surface area contributed by atoms with Crippen molar-refractivity contribution in [3.8, 4) is 0 Å². The van der Waals surface area contributed by atoms with Crippen LogP contribution in [0, 0.1) is 6.92 Å². The average molecular weight is 275 g/mol. The van der Waals surface area contributed by atoms with Crippen LogP contribution in [0.15, 0.2) is 24.8 Å². The summed E-state index contributed by atoms with van der Waals surface area (Å²) in [6.45, 7) is 1.88. The van der Waals surface area contributed by atoms with Gasteiger partial charge in [-0.2, -0.15) is 5.10 Å². The third kappa shape index (κ3) is 2.32. The van der Waals surface area contributed by atoms with Crippen molar-refractivity contribution in [1.29, 1.82) is 0 Å². The first-order valence-electron chi connectivity index (χ1n) is 6.60. The first-order valence-corrected chi connectivity index (χ1v) is 6.60. The summed E-state index contributed by atoms with van der Waals surface area (Å²) >= 11 is 0. The molecule has 0 aromatic carbocycles. The molecule has 1 aliphatic carbocycles. The van der Waals surface area contributed by atoms with Gasteiger partial charge in [0, 0.05) is 18.1 Å². The molecule has 3 atom stereocenters. The van der Waals surface area contributed by atoms with E-state index in [4.69, 9.17) is 0 Å². The number of nitrogens with zero attached hydrogens (tertiary/aromatic N) is 3. The summed E-state index contributed by atoms with van der Waals surface area (Å²) in [6, 6.07) is 1.53. The van der Waals surface area contributed by atoms with Crippen LogP contribution in [-0.4, -0.2) is 42.9 Å². The maximum absolute atomic E-state index is 12.0. The third-order valence-corrected chi connectivity index (χ3v) is 3.74. The molecule has 7 nitrogen and oxygen atoms in total. The van der Waals surface area contributed by atoms with Crippen LogP contribution in [0.5, 0.6) is 0 Å². The zero-order valence-corrected chi connectivity index (χ0v) is 11.2. The molecule has 0 saturated heterocycles. The zero-order valence-electron chi connectivity index (χ0n) is 11.2. The largest absolute Gasteiger partial charge is 0.391 e. The molecule has 2 aromatic heterocycles. The van der Waals surface area contributed by atoms with Crippen molar-refractivity contribution < 1.29 is 9.90 Å². The minimum Gasteiger partial charge on any atom is -0.391 e. The van der Waals surface area contributed by atoms with E-state index in [1.54, 1.807) is 29.5 Å². The summed E-state index contributed by atoms with van der Waals surface area (Å²) in [6.07, 6.45) is 5.37. The summed E-state index contributed by atoms with van der Waals surface area (Å²) < 4.78 is 1.69. The van der Waals surface area contributed by atoms with Crippen LogP contribution in [-0.2, 0) is 11.2 Å². The molecular weight excluding hydrogens is 258 g/mol. The molecule has 0 unspecified atom stereocenters. The summed E-state index contributed by atoms with van der Waals surface area (Å²) in [5, 5.41) is 16.9. The first-order chi connectivity index (χ1) is 9.65. The van der Waals surface area contributed by atoms with E-state index in [1.807, 2.05) is 6.92 Å². The third-order valence-electron chi connectivity index (χ3n) is 3.74. The van der Waals surface area contributed by atoms with Gasteiger partial charge in [-0.15, -0.1) is 0 Å². The van der Waals surface area contributed by atoms with Gasteiger partial charge in [0.15, 0.2) is 0 Å². The molecule has 2 heterocycles. The smallest absolute Gasteiger partial charge is 0.226 e. The molecule has 3 N–H and O–H groups in total. The van der Waals surface area contributed by atoms with Crippen LogP contribution >= 0.6 is 0 Å². The van der Waals surface area contributed by atoms with E-state index in [-0.39, 0.29) is 24.4 Å². The molecule has 1 fully saturated rings. The molecule has 1 amide bonds. The molecule has 1 aliphatic rings. The number of nitrogens with one attached hydrogen (secondary N) is 2. The van der Waals surface area contributed by atoms with Crippen molar-refractivity contribution in [2.45, 2.75) is 38.0 Å². The monoisotopic (exact) mass is 275 g/mol. The lowest BCUT2D eigenvalue weighted by Gasteiger charge is -2.41. The molecule has 0 radical (unpaired) electrons. The van der Waals surface area contributed by atoms with Crippen molar-refractivity contribution in [1.82, 2.24) is 25.1 Å². The van der Waals surface area contributed by atoms with Crippen LogP contribution in [0.2, 0.25) is 0 Å². The molecule has 0 aliphatic heterocycles. The Balaban J connectivity index is 1.61. The first kappa shape index (κ1) is 12.9. The van der Waals surface area contributed by atoms with E-state index < -0.39 is 6.10 Å². The lowest BCUT2D eigenvalue weighted by Crippen LogP contribution is -2.56. The van der Waals surface area contributed by atoms with Crippen molar-refractivity contribution in [2.75, 3.05) is 0 Å². The van der Waals surface area contributed by atoms with E-state index in [0.29, 0.717) is 6.42 Å². The van der Waals surface area contributed by atoms with Crippen LogP contribution in [0.3, 0.4) is 0 Å². The maximum Gasteiger partial charge on any atom is 0.226 e. The second-order valence-electron chi connectivity index (χ2n) is 5.10. The molecule has 3 rings (SSSR count). The number of carbonyl (C=O) groups excluding carboxylic acids is 1. The number of hydrogen-bond acceptors (Lipinski definition) is 4. The highest BCUT2D eigenvalue weighted by Crippen LogP contribution is 2.32. The number of amides is 1. The predicted molar refractivity (Wildman–Crippen MR) is 70.8 cm³/mol. The van der Waals surface area contributed by atoms with Gasteiger partial charge in [0.25, 0.3) is 0 Å². The number of aromatic nitrogens is 4. The molecule has 0 bridgehead atoms. The van der Waals surface area contributed by atoms with Gasteiger partial charge < -0.3 is 15.4 Å². The molecule has 0 spiro atoms. The van der Waals surface area contributed by atoms with Gasteiger partial charge in [-0.3, -0.25) is 9.48 Å². The highest BCUT2D eigenvalue weighted by atomic mass is 16.3. The number of imidazole rings is 1. The topological polar surface area (TPSA) is 95.8 Å². The quantitative estimate of drug-likeness (QED) is 0.729. The molecule has 7 heteroatoms. The Bertz CT molecular complexity index is 592. The molecule has 106 valence electrons. The van der Waals surface area contributed by atoms with Crippen LogP contribution < -0.4 is 5.32 Å². The summed E-state index contributed by atoms with van der Waals surface area (Å²) in [5.41, 5.74) is 1.65. The minimum absolute atomic E-state index is 0.0864. The highest BCUT2D eigenvalue weighted by molar-refractivity contribution is 5.78. The Hall–Kier alpha value is -2.15. The van der Waals surface area contributed by atoms with E-state index in [2.05, 4.69) is 20.4 Å². The van der Waals surface area contributed by atoms with E-state index in [0.717, 1.165) is 11.4 Å². The lowest BCUT2D eigenvalue weighted by atomic mass is 9.83. The predicted octanol–water partition coefficient (Wildman–Crippen LogP) is -0.0522. The number of H-pyrrole nitrogens is 1. The van der Waals surface area contributed by atoms with E-state index in [9.17, 15) is 9.90 Å². The number of aliphatic hydroxyl groups excluding tert-OH is 1. The SMILES string of the molecule is Cc1[nH]cnc1CC(=O)N[C@H]1C[C@@H](O)[C@@H]1n1cccn1. The Labute approximate surface area is 116 Å². The van der Waals surface area contributed by atoms with Gasteiger partial charge in [0.05, 0.1) is 36.6 Å². The number of aryl methyl sites for hydroxylation is 1. The fourth-order valence-electron chi connectivity index (χ4n) is 2.55. The second-order valence-corrected chi connectivity index (χ2v) is 5.10. The minimum atomic E-state index is -0.465. The highest BCUT2D eigenvalue weighted by Gasteiger charge is 2.42. The zero-order chi connectivity index (χ0) is 14.1. The second kappa shape index (κ2) is 5.09. The normalized spacial score (nSPS) is 25.2. The van der Waals surface area contributed by atoms with Crippen molar-refractivity contribution in [3.05, 3.63) is 36.2 Å². The number of aliphatic hydroxyl groups is 1. The summed E-state index contributed by atoms with van der Waals surface area (Å²) in [4.78, 5) is 19.1. The van der Waals surface area contributed by atoms with Crippen LogP contribution in [0.4, 0.5) is 0 Å². The van der Waals surface area contributed by atoms with Crippen LogP contribution in [0.25, 0.3) is 0 Å². The lowest BCUT2D eigenvalue weighted by molar-refractivity contribution is -0.124. The van der Waals surface area contributed by atoms with E-state index in [1.165, 1.54) is 0 Å². The van der Waals surface area contributed by atoms with Gasteiger partial charge in [0.1, 0.15) is 0 Å². The summed E-state index contributed by atoms with van der Waals surface area (Å²) in [7, 11) is 0. The molecular formula is C13H17N5O2. The molecule has 2 aromatic rings. The number of aromatic amines is 1. The van der Waals surface area contributed by atoms with Crippen molar-refractivity contribution in [3.63, 3.8) is 0 Å². The number of carbonyl (C=O) groups is 1. The van der Waals surface area contributed by atoms with Crippen molar-refractivity contribution >= 4 is 5.91 Å². The fraction of sp³-hybridized carbons (Fsp3) is 0.462. The van der Waals surface area contributed by atoms with E-state index >= 15 is 0 Å². The van der Waals surface area contributed by atoms with Gasteiger partial charge in [-0.25, -0.2) is 4.98 Å². The molecule has 20 heavy (non-hydrogen) atoms. The number of rotatable bonds is 4. The maximum atomic E-state index is 12.0. The Kier molecular flexibility index (Phi) is 3.27. The Morgan fingerprint density at radius 2 is 2.50 bits per heavy atom. The summed E-state index contributed by atoms with van der Waals surface area (Å²) in [5.74, 6) is -0.0887. The van der Waals surface area contributed by atoms with Gasteiger partial charge in [-0.1, -0.05) is 0 Å². The van der Waals surface area contributed by atoms with Crippen LogP contribution in [0.1, 0.15) is 23.9 Å². The Morgan fingerprint density at radius 1 is 1.65 bits per heavy atom. The average Bonchev–Trinajstić information content (AvgIpc) is 3.02. The fourth-order valence-corrected chi connectivity index (χ4v) is 2.55. The van der Waals surface area contributed by atoms with Gasteiger partial charge >= 0.3 is 0 Å².